The minimum Gasteiger partial charge on any atom is -0.508 e. The smallest absolute Gasteiger partial charge is 0.312 e. The number of rotatable bonds is 4. The van der Waals surface area contributed by atoms with Crippen LogP contribution in [0, 0.1) is 0 Å². The lowest BCUT2D eigenvalue weighted by Crippen LogP contribution is -2.21. The fourth-order valence-corrected chi connectivity index (χ4v) is 2.26. The molecule has 0 heterocycles. The topological polar surface area (TPSA) is 91.7 Å². The molecule has 5 nitrogen and oxygen atoms in total. The van der Waals surface area contributed by atoms with Gasteiger partial charge in [0.15, 0.2) is 0 Å². The summed E-state index contributed by atoms with van der Waals surface area (Å²) in [6, 6.07) is 5.46. The second kappa shape index (κ2) is 4.52. The van der Waals surface area contributed by atoms with Crippen molar-refractivity contribution in [2.24, 2.45) is 0 Å². The Kier molecular flexibility index (Phi) is 3.54. The van der Waals surface area contributed by atoms with Gasteiger partial charge in [0, 0.05) is 6.26 Å². The number of carboxylic acids is 1. The first-order chi connectivity index (χ1) is 7.29. The van der Waals surface area contributed by atoms with E-state index < -0.39 is 27.5 Å². The minimum atomic E-state index is -3.37. The summed E-state index contributed by atoms with van der Waals surface area (Å²) in [4.78, 5) is 10.9. The van der Waals surface area contributed by atoms with Crippen LogP contribution in [-0.4, -0.2) is 36.6 Å². The van der Waals surface area contributed by atoms with Crippen LogP contribution in [-0.2, 0) is 14.6 Å². The van der Waals surface area contributed by atoms with E-state index in [2.05, 4.69) is 0 Å². The molecule has 1 unspecified atom stereocenters. The summed E-state index contributed by atoms with van der Waals surface area (Å²) in [7, 11) is -3.37. The highest BCUT2D eigenvalue weighted by Gasteiger charge is 2.24. The number of hydrogen-bond acceptors (Lipinski definition) is 4. The molecule has 1 aromatic rings. The van der Waals surface area contributed by atoms with Crippen molar-refractivity contribution >= 4 is 15.8 Å². The molecule has 0 aliphatic rings. The van der Waals surface area contributed by atoms with E-state index in [9.17, 15) is 13.2 Å². The van der Waals surface area contributed by atoms with Gasteiger partial charge in [0.1, 0.15) is 15.6 Å². The molecule has 0 saturated heterocycles. The number of benzene rings is 1. The first-order valence-electron chi connectivity index (χ1n) is 4.49. The van der Waals surface area contributed by atoms with E-state index in [1.807, 2.05) is 0 Å². The molecule has 0 spiro atoms. The Morgan fingerprint density at radius 3 is 2.19 bits per heavy atom. The molecule has 0 saturated carbocycles. The number of aromatic hydroxyl groups is 1. The number of sulfone groups is 1. The van der Waals surface area contributed by atoms with E-state index in [-0.39, 0.29) is 5.75 Å². The maximum absolute atomic E-state index is 11.1. The van der Waals surface area contributed by atoms with Crippen LogP contribution in [0.5, 0.6) is 5.75 Å². The Morgan fingerprint density at radius 2 is 1.81 bits per heavy atom. The van der Waals surface area contributed by atoms with Gasteiger partial charge in [-0.15, -0.1) is 0 Å². The molecule has 0 aliphatic carbocycles. The Balaban J connectivity index is 3.03. The van der Waals surface area contributed by atoms with Crippen molar-refractivity contribution < 1.29 is 23.4 Å². The highest BCUT2D eigenvalue weighted by molar-refractivity contribution is 7.90. The molecular formula is C10H12O5S. The molecule has 0 amide bonds. The number of phenolic OH excluding ortho intramolecular Hbond substituents is 1. The van der Waals surface area contributed by atoms with Gasteiger partial charge >= 0.3 is 5.97 Å². The van der Waals surface area contributed by atoms with Crippen LogP contribution in [0.15, 0.2) is 24.3 Å². The fourth-order valence-electron chi connectivity index (χ4n) is 1.32. The van der Waals surface area contributed by atoms with Gasteiger partial charge in [-0.05, 0) is 17.7 Å². The SMILES string of the molecule is CS(=O)(=O)CC(C(=O)O)c1ccc(O)cc1. The number of carboxylic acid groups (broad SMARTS) is 1. The second-order valence-electron chi connectivity index (χ2n) is 3.57. The average Bonchev–Trinajstić information content (AvgIpc) is 2.14. The third kappa shape index (κ3) is 3.54. The van der Waals surface area contributed by atoms with Crippen molar-refractivity contribution in [2.75, 3.05) is 12.0 Å². The predicted molar refractivity (Wildman–Crippen MR) is 58.2 cm³/mol. The molecule has 16 heavy (non-hydrogen) atoms. The lowest BCUT2D eigenvalue weighted by Gasteiger charge is -2.11. The molecule has 1 aromatic carbocycles. The van der Waals surface area contributed by atoms with Gasteiger partial charge in [0.25, 0.3) is 0 Å². The van der Waals surface area contributed by atoms with Crippen LogP contribution in [0.1, 0.15) is 11.5 Å². The van der Waals surface area contributed by atoms with E-state index in [1.165, 1.54) is 24.3 Å². The van der Waals surface area contributed by atoms with Crippen molar-refractivity contribution in [1.29, 1.82) is 0 Å². The van der Waals surface area contributed by atoms with Crippen LogP contribution < -0.4 is 0 Å². The highest BCUT2D eigenvalue weighted by atomic mass is 32.2. The van der Waals surface area contributed by atoms with Crippen molar-refractivity contribution in [3.05, 3.63) is 29.8 Å². The third-order valence-corrected chi connectivity index (χ3v) is 3.00. The van der Waals surface area contributed by atoms with E-state index in [4.69, 9.17) is 10.2 Å². The maximum atomic E-state index is 11.1. The van der Waals surface area contributed by atoms with Gasteiger partial charge in [-0.25, -0.2) is 8.42 Å². The second-order valence-corrected chi connectivity index (χ2v) is 5.76. The number of aliphatic carboxylic acids is 1. The lowest BCUT2D eigenvalue weighted by atomic mass is 10.0. The molecule has 0 radical (unpaired) electrons. The largest absolute Gasteiger partial charge is 0.508 e. The normalized spacial score (nSPS) is 13.3. The molecule has 0 bridgehead atoms. The van der Waals surface area contributed by atoms with E-state index >= 15 is 0 Å². The standard InChI is InChI=1S/C10H12O5S/c1-16(14,15)6-9(10(12)13)7-2-4-8(11)5-3-7/h2-5,9,11H,6H2,1H3,(H,12,13). The molecule has 88 valence electrons. The van der Waals surface area contributed by atoms with Crippen molar-refractivity contribution in [1.82, 2.24) is 0 Å². The van der Waals surface area contributed by atoms with Crippen LogP contribution >= 0.6 is 0 Å². The van der Waals surface area contributed by atoms with Gasteiger partial charge in [-0.3, -0.25) is 4.79 Å². The van der Waals surface area contributed by atoms with Crippen LogP contribution in [0.2, 0.25) is 0 Å². The molecule has 2 N–H and O–H groups in total. The Morgan fingerprint density at radius 1 is 1.31 bits per heavy atom. The van der Waals surface area contributed by atoms with Gasteiger partial charge in [-0.1, -0.05) is 12.1 Å². The number of carbonyl (C=O) groups is 1. The minimum absolute atomic E-state index is 0.00671. The Bertz CT molecular complexity index is 474. The molecular weight excluding hydrogens is 232 g/mol. The number of hydrogen-bond donors (Lipinski definition) is 2. The molecule has 0 aromatic heterocycles. The number of phenols is 1. The Hall–Kier alpha value is -1.56. The predicted octanol–water partition coefficient (Wildman–Crippen LogP) is 0.605. The molecule has 0 aliphatic heterocycles. The first-order valence-corrected chi connectivity index (χ1v) is 6.55. The van der Waals surface area contributed by atoms with Crippen LogP contribution in [0.4, 0.5) is 0 Å². The summed E-state index contributed by atoms with van der Waals surface area (Å²) < 4.78 is 22.1. The van der Waals surface area contributed by atoms with Gasteiger partial charge in [0.2, 0.25) is 0 Å². The zero-order valence-electron chi connectivity index (χ0n) is 8.62. The van der Waals surface area contributed by atoms with Crippen molar-refractivity contribution in [3.63, 3.8) is 0 Å². The summed E-state index contributed by atoms with van der Waals surface area (Å²) in [5, 5.41) is 18.0. The summed E-state index contributed by atoms with van der Waals surface area (Å²) in [6.45, 7) is 0. The average molecular weight is 244 g/mol. The third-order valence-electron chi connectivity index (χ3n) is 2.06. The Labute approximate surface area is 93.3 Å². The molecule has 6 heteroatoms. The van der Waals surface area contributed by atoms with Crippen molar-refractivity contribution in [3.8, 4) is 5.75 Å². The summed E-state index contributed by atoms with van der Waals surface area (Å²) in [6.07, 6.45) is 0.989. The van der Waals surface area contributed by atoms with Gasteiger partial charge < -0.3 is 10.2 Å². The first kappa shape index (κ1) is 12.5. The van der Waals surface area contributed by atoms with E-state index in [1.54, 1.807) is 0 Å². The maximum Gasteiger partial charge on any atom is 0.312 e. The monoisotopic (exact) mass is 244 g/mol. The summed E-state index contributed by atoms with van der Waals surface area (Å²) in [5.74, 6) is -2.74. The molecule has 1 rings (SSSR count). The van der Waals surface area contributed by atoms with E-state index in [0.717, 1.165) is 6.26 Å². The van der Waals surface area contributed by atoms with Crippen molar-refractivity contribution in [2.45, 2.75) is 5.92 Å². The summed E-state index contributed by atoms with van der Waals surface area (Å²) >= 11 is 0. The summed E-state index contributed by atoms with van der Waals surface area (Å²) in [5.41, 5.74) is 0.357. The molecule has 1 atom stereocenters. The highest BCUT2D eigenvalue weighted by Crippen LogP contribution is 2.20. The van der Waals surface area contributed by atoms with Crippen LogP contribution in [0.3, 0.4) is 0 Å². The van der Waals surface area contributed by atoms with Gasteiger partial charge in [-0.2, -0.15) is 0 Å². The van der Waals surface area contributed by atoms with Crippen LogP contribution in [0.25, 0.3) is 0 Å². The zero-order valence-corrected chi connectivity index (χ0v) is 9.44. The fraction of sp³-hybridized carbons (Fsp3) is 0.300. The lowest BCUT2D eigenvalue weighted by molar-refractivity contribution is -0.138. The zero-order chi connectivity index (χ0) is 12.3. The quantitative estimate of drug-likeness (QED) is 0.809. The van der Waals surface area contributed by atoms with Gasteiger partial charge in [0.05, 0.1) is 11.7 Å². The molecule has 0 fully saturated rings. The van der Waals surface area contributed by atoms with E-state index in [0.29, 0.717) is 5.56 Å².